The van der Waals surface area contributed by atoms with Crippen molar-refractivity contribution in [3.8, 4) is 0 Å². The average Bonchev–Trinajstić information content (AvgIpc) is 2.81. The molecule has 0 saturated carbocycles. The molecule has 0 fully saturated rings. The third-order valence-corrected chi connectivity index (χ3v) is 3.33. The van der Waals surface area contributed by atoms with E-state index in [0.717, 1.165) is 24.0 Å². The van der Waals surface area contributed by atoms with Crippen LogP contribution in [0.1, 0.15) is 35.4 Å². The molecule has 0 aliphatic rings. The monoisotopic (exact) mass is 300 g/mol. The Hall–Kier alpha value is -2.30. The summed E-state index contributed by atoms with van der Waals surface area (Å²) in [5, 5.41) is 6.47. The van der Waals surface area contributed by atoms with Crippen molar-refractivity contribution in [2.24, 2.45) is 4.99 Å². The highest BCUT2D eigenvalue weighted by atomic mass is 16.4. The number of nitrogens with one attached hydrogen (secondary N) is 2. The highest BCUT2D eigenvalue weighted by Crippen LogP contribution is 2.08. The Kier molecular flexibility index (Phi) is 5.58. The van der Waals surface area contributed by atoms with Crippen LogP contribution in [-0.4, -0.2) is 17.5 Å². The Bertz CT molecular complexity index is 626. The van der Waals surface area contributed by atoms with Gasteiger partial charge in [0.2, 0.25) is 5.89 Å². The second kappa shape index (κ2) is 7.64. The summed E-state index contributed by atoms with van der Waals surface area (Å²) in [6, 6.07) is 8.37. The standard InChI is InChI=1S/C17H24N4O/c1-5-18-17(19-10-15-8-6-7-12(2)9-15)20-11-16-21-13(3)14(4)22-16/h6-9H,5,10-11H2,1-4H3,(H2,18,19,20). The molecular weight excluding hydrogens is 276 g/mol. The van der Waals surface area contributed by atoms with Crippen LogP contribution in [0.25, 0.3) is 0 Å². The molecule has 0 radical (unpaired) electrons. The lowest BCUT2D eigenvalue weighted by atomic mass is 10.1. The first-order valence-corrected chi connectivity index (χ1v) is 7.59. The molecule has 1 aromatic carbocycles. The van der Waals surface area contributed by atoms with Crippen LogP contribution in [0, 0.1) is 20.8 Å². The predicted molar refractivity (Wildman–Crippen MR) is 88.8 cm³/mol. The first-order chi connectivity index (χ1) is 10.6. The van der Waals surface area contributed by atoms with E-state index in [4.69, 9.17) is 4.42 Å². The second-order valence-electron chi connectivity index (χ2n) is 5.29. The number of benzene rings is 1. The smallest absolute Gasteiger partial charge is 0.214 e. The van der Waals surface area contributed by atoms with Gasteiger partial charge in [-0.1, -0.05) is 29.8 Å². The van der Waals surface area contributed by atoms with Gasteiger partial charge >= 0.3 is 0 Å². The topological polar surface area (TPSA) is 62.5 Å². The van der Waals surface area contributed by atoms with Gasteiger partial charge in [-0.2, -0.15) is 0 Å². The third-order valence-electron chi connectivity index (χ3n) is 3.33. The van der Waals surface area contributed by atoms with E-state index < -0.39 is 0 Å². The van der Waals surface area contributed by atoms with Crippen LogP contribution in [0.2, 0.25) is 0 Å². The van der Waals surface area contributed by atoms with Gasteiger partial charge in [0, 0.05) is 6.54 Å². The van der Waals surface area contributed by atoms with E-state index in [1.807, 2.05) is 20.8 Å². The van der Waals surface area contributed by atoms with Gasteiger partial charge in [-0.15, -0.1) is 0 Å². The molecule has 0 saturated heterocycles. The predicted octanol–water partition coefficient (Wildman–Crippen LogP) is 2.86. The molecule has 2 N–H and O–H groups in total. The zero-order valence-corrected chi connectivity index (χ0v) is 13.7. The zero-order valence-electron chi connectivity index (χ0n) is 13.7. The first kappa shape index (κ1) is 16.1. The van der Waals surface area contributed by atoms with Crippen molar-refractivity contribution in [2.75, 3.05) is 6.54 Å². The van der Waals surface area contributed by atoms with Crippen molar-refractivity contribution in [1.29, 1.82) is 0 Å². The number of hydrogen-bond acceptors (Lipinski definition) is 3. The summed E-state index contributed by atoms with van der Waals surface area (Å²) in [5.74, 6) is 2.30. The fourth-order valence-corrected chi connectivity index (χ4v) is 2.10. The minimum Gasteiger partial charge on any atom is -0.444 e. The lowest BCUT2D eigenvalue weighted by Crippen LogP contribution is -2.36. The first-order valence-electron chi connectivity index (χ1n) is 7.59. The Morgan fingerprint density at radius 2 is 2.05 bits per heavy atom. The summed E-state index contributed by atoms with van der Waals surface area (Å²) < 4.78 is 5.56. The Morgan fingerprint density at radius 1 is 1.23 bits per heavy atom. The lowest BCUT2D eigenvalue weighted by molar-refractivity contribution is 0.463. The third kappa shape index (κ3) is 4.62. The number of nitrogens with zero attached hydrogens (tertiary/aromatic N) is 2. The molecule has 0 unspecified atom stereocenters. The van der Waals surface area contributed by atoms with Crippen molar-refractivity contribution >= 4 is 5.96 Å². The molecule has 0 bridgehead atoms. The van der Waals surface area contributed by atoms with E-state index in [-0.39, 0.29) is 0 Å². The molecule has 1 aromatic heterocycles. The molecule has 0 aliphatic heterocycles. The molecule has 22 heavy (non-hydrogen) atoms. The van der Waals surface area contributed by atoms with Gasteiger partial charge in [0.15, 0.2) is 5.96 Å². The van der Waals surface area contributed by atoms with Gasteiger partial charge in [-0.3, -0.25) is 0 Å². The molecule has 5 nitrogen and oxygen atoms in total. The highest BCUT2D eigenvalue weighted by Gasteiger charge is 2.06. The van der Waals surface area contributed by atoms with E-state index in [1.54, 1.807) is 0 Å². The van der Waals surface area contributed by atoms with E-state index in [2.05, 4.69) is 51.8 Å². The Morgan fingerprint density at radius 3 is 2.68 bits per heavy atom. The summed E-state index contributed by atoms with van der Waals surface area (Å²) in [6.45, 7) is 9.97. The molecule has 0 amide bonds. The van der Waals surface area contributed by atoms with E-state index in [1.165, 1.54) is 11.1 Å². The maximum Gasteiger partial charge on any atom is 0.214 e. The van der Waals surface area contributed by atoms with Crippen LogP contribution in [0.15, 0.2) is 33.7 Å². The van der Waals surface area contributed by atoms with Crippen molar-refractivity contribution in [3.05, 3.63) is 52.7 Å². The number of guanidine groups is 1. The molecule has 5 heteroatoms. The van der Waals surface area contributed by atoms with Gasteiger partial charge in [-0.25, -0.2) is 9.98 Å². The number of hydrogen-bond donors (Lipinski definition) is 2. The average molecular weight is 300 g/mol. The number of aromatic nitrogens is 1. The zero-order chi connectivity index (χ0) is 15.9. The molecular formula is C17H24N4O. The highest BCUT2D eigenvalue weighted by molar-refractivity contribution is 5.79. The maximum absolute atomic E-state index is 5.56. The molecule has 118 valence electrons. The SMILES string of the molecule is CCNC(=NCc1cccc(C)c1)NCc1nc(C)c(C)o1. The number of oxazole rings is 1. The van der Waals surface area contributed by atoms with Crippen LogP contribution in [-0.2, 0) is 13.1 Å². The Balaban J connectivity index is 1.97. The van der Waals surface area contributed by atoms with Gasteiger partial charge in [0.1, 0.15) is 5.76 Å². The maximum atomic E-state index is 5.56. The van der Waals surface area contributed by atoms with Crippen molar-refractivity contribution in [1.82, 2.24) is 15.6 Å². The van der Waals surface area contributed by atoms with Crippen molar-refractivity contribution in [3.63, 3.8) is 0 Å². The number of aryl methyl sites for hydroxylation is 3. The van der Waals surface area contributed by atoms with Gasteiger partial charge in [0.25, 0.3) is 0 Å². The minimum absolute atomic E-state index is 0.522. The van der Waals surface area contributed by atoms with Crippen LogP contribution in [0.5, 0.6) is 0 Å². The molecule has 0 spiro atoms. The Labute approximate surface area is 131 Å². The van der Waals surface area contributed by atoms with Crippen molar-refractivity contribution < 1.29 is 4.42 Å². The van der Waals surface area contributed by atoms with E-state index in [9.17, 15) is 0 Å². The molecule has 0 atom stereocenters. The van der Waals surface area contributed by atoms with E-state index in [0.29, 0.717) is 19.0 Å². The lowest BCUT2D eigenvalue weighted by Gasteiger charge is -2.09. The van der Waals surface area contributed by atoms with Crippen LogP contribution in [0.3, 0.4) is 0 Å². The summed E-state index contributed by atoms with van der Waals surface area (Å²) in [4.78, 5) is 8.95. The normalized spacial score (nSPS) is 11.5. The van der Waals surface area contributed by atoms with Crippen LogP contribution >= 0.6 is 0 Å². The van der Waals surface area contributed by atoms with Gasteiger partial charge in [-0.05, 0) is 33.3 Å². The summed E-state index contributed by atoms with van der Waals surface area (Å²) in [6.07, 6.45) is 0. The summed E-state index contributed by atoms with van der Waals surface area (Å²) in [5.41, 5.74) is 3.37. The quantitative estimate of drug-likeness (QED) is 0.658. The molecule has 2 aromatic rings. The summed E-state index contributed by atoms with van der Waals surface area (Å²) in [7, 11) is 0. The fourth-order valence-electron chi connectivity index (χ4n) is 2.10. The van der Waals surface area contributed by atoms with E-state index >= 15 is 0 Å². The molecule has 0 aliphatic carbocycles. The van der Waals surface area contributed by atoms with Crippen molar-refractivity contribution in [2.45, 2.75) is 40.8 Å². The van der Waals surface area contributed by atoms with Crippen LogP contribution < -0.4 is 10.6 Å². The molecule has 2 rings (SSSR count). The van der Waals surface area contributed by atoms with Crippen LogP contribution in [0.4, 0.5) is 0 Å². The largest absolute Gasteiger partial charge is 0.444 e. The second-order valence-corrected chi connectivity index (χ2v) is 5.29. The molecule has 1 heterocycles. The summed E-state index contributed by atoms with van der Waals surface area (Å²) >= 11 is 0. The fraction of sp³-hybridized carbons (Fsp3) is 0.412. The number of rotatable bonds is 5. The van der Waals surface area contributed by atoms with Gasteiger partial charge < -0.3 is 15.1 Å². The van der Waals surface area contributed by atoms with Gasteiger partial charge in [0.05, 0.1) is 18.8 Å². The minimum atomic E-state index is 0.522. The number of aliphatic imine (C=N–C) groups is 1.